The largest absolute Gasteiger partial charge is 0.502 e. The highest BCUT2D eigenvalue weighted by molar-refractivity contribution is 5.85. The molecule has 0 bridgehead atoms. The van der Waals surface area contributed by atoms with Gasteiger partial charge in [0.25, 0.3) is 0 Å². The fourth-order valence-electron chi connectivity index (χ4n) is 1.22. The molecule has 0 fully saturated rings. The minimum Gasteiger partial charge on any atom is -0.502 e. The third kappa shape index (κ3) is 2.22. The van der Waals surface area contributed by atoms with Crippen molar-refractivity contribution in [3.63, 3.8) is 0 Å². The van der Waals surface area contributed by atoms with Gasteiger partial charge in [-0.25, -0.2) is 0 Å². The Hall–Kier alpha value is -2.11. The van der Waals surface area contributed by atoms with Crippen LogP contribution in [-0.2, 0) is 6.42 Å². The second kappa shape index (κ2) is 4.41. The molecule has 15 heavy (non-hydrogen) atoms. The molecule has 1 aromatic rings. The van der Waals surface area contributed by atoms with Gasteiger partial charge in [-0.15, -0.1) is 0 Å². The Morgan fingerprint density at radius 3 is 2.80 bits per heavy atom. The van der Waals surface area contributed by atoms with Crippen LogP contribution in [0.4, 0.5) is 5.69 Å². The predicted molar refractivity (Wildman–Crippen MR) is 55.9 cm³/mol. The molecule has 0 unspecified atom stereocenters. The SMILES string of the molecule is CCc1cc(C=NN)c(O)c([N+](=O)[O-])c1. The smallest absolute Gasteiger partial charge is 0.311 e. The highest BCUT2D eigenvalue weighted by Gasteiger charge is 2.17. The Kier molecular flexibility index (Phi) is 3.22. The number of phenolic OH excluding ortho intramolecular Hbond substituents is 1. The van der Waals surface area contributed by atoms with E-state index in [0.29, 0.717) is 6.42 Å². The van der Waals surface area contributed by atoms with Crippen LogP contribution in [0, 0.1) is 10.1 Å². The van der Waals surface area contributed by atoms with Gasteiger partial charge in [-0.2, -0.15) is 5.10 Å². The Labute approximate surface area is 86.2 Å². The van der Waals surface area contributed by atoms with Gasteiger partial charge < -0.3 is 10.9 Å². The van der Waals surface area contributed by atoms with Gasteiger partial charge >= 0.3 is 5.69 Å². The van der Waals surface area contributed by atoms with E-state index in [1.54, 1.807) is 6.07 Å². The second-order valence-corrected chi connectivity index (χ2v) is 2.94. The zero-order valence-corrected chi connectivity index (χ0v) is 8.17. The van der Waals surface area contributed by atoms with E-state index in [4.69, 9.17) is 5.84 Å². The first-order valence-electron chi connectivity index (χ1n) is 4.33. The van der Waals surface area contributed by atoms with Crippen molar-refractivity contribution >= 4 is 11.9 Å². The molecule has 0 spiro atoms. The van der Waals surface area contributed by atoms with Gasteiger partial charge in [-0.1, -0.05) is 6.92 Å². The van der Waals surface area contributed by atoms with Crippen molar-refractivity contribution < 1.29 is 10.0 Å². The summed E-state index contributed by atoms with van der Waals surface area (Å²) in [5.74, 6) is 4.52. The Balaban J connectivity index is 3.39. The van der Waals surface area contributed by atoms with Crippen molar-refractivity contribution in [1.29, 1.82) is 0 Å². The molecule has 1 aromatic carbocycles. The molecule has 0 aliphatic rings. The summed E-state index contributed by atoms with van der Waals surface area (Å²) >= 11 is 0. The number of nitrogens with two attached hydrogens (primary N) is 1. The van der Waals surface area contributed by atoms with E-state index < -0.39 is 10.7 Å². The molecule has 80 valence electrons. The van der Waals surface area contributed by atoms with E-state index in [0.717, 1.165) is 5.56 Å². The van der Waals surface area contributed by atoms with Crippen molar-refractivity contribution in [3.8, 4) is 5.75 Å². The summed E-state index contributed by atoms with van der Waals surface area (Å²) in [7, 11) is 0. The van der Waals surface area contributed by atoms with E-state index in [9.17, 15) is 15.2 Å². The molecule has 0 aliphatic carbocycles. The van der Waals surface area contributed by atoms with Crippen LogP contribution in [0.3, 0.4) is 0 Å². The van der Waals surface area contributed by atoms with Gasteiger partial charge in [0.2, 0.25) is 5.75 Å². The number of hydrogen-bond donors (Lipinski definition) is 2. The number of nitrogens with zero attached hydrogens (tertiary/aromatic N) is 2. The summed E-state index contributed by atoms with van der Waals surface area (Å²) < 4.78 is 0. The number of benzene rings is 1. The second-order valence-electron chi connectivity index (χ2n) is 2.94. The topological polar surface area (TPSA) is 102 Å². The summed E-state index contributed by atoms with van der Waals surface area (Å²) in [4.78, 5) is 9.98. The summed E-state index contributed by atoms with van der Waals surface area (Å²) in [6, 6.07) is 2.95. The zero-order chi connectivity index (χ0) is 11.4. The van der Waals surface area contributed by atoms with E-state index in [1.807, 2.05) is 6.92 Å². The molecule has 6 nitrogen and oxygen atoms in total. The zero-order valence-electron chi connectivity index (χ0n) is 8.17. The first-order valence-corrected chi connectivity index (χ1v) is 4.33. The monoisotopic (exact) mass is 209 g/mol. The first-order chi connectivity index (χ1) is 7.10. The molecule has 0 saturated carbocycles. The van der Waals surface area contributed by atoms with Gasteiger partial charge in [-0.05, 0) is 18.1 Å². The molecular formula is C9H11N3O3. The normalized spacial score (nSPS) is 10.7. The Bertz CT molecular complexity index is 415. The lowest BCUT2D eigenvalue weighted by Gasteiger charge is -2.03. The number of nitro groups is 1. The van der Waals surface area contributed by atoms with E-state index in [-0.39, 0.29) is 11.3 Å². The maximum absolute atomic E-state index is 10.6. The lowest BCUT2D eigenvalue weighted by molar-refractivity contribution is -0.385. The number of hydrazone groups is 1. The van der Waals surface area contributed by atoms with Crippen LogP contribution in [0.1, 0.15) is 18.1 Å². The molecule has 3 N–H and O–H groups in total. The number of aromatic hydroxyl groups is 1. The number of aryl methyl sites for hydroxylation is 1. The maximum atomic E-state index is 10.6. The van der Waals surface area contributed by atoms with Crippen LogP contribution in [0.2, 0.25) is 0 Å². The molecule has 0 atom stereocenters. The molecule has 6 heteroatoms. The first kappa shape index (κ1) is 11.0. The van der Waals surface area contributed by atoms with Crippen LogP contribution in [0.25, 0.3) is 0 Å². The molecular weight excluding hydrogens is 198 g/mol. The average Bonchev–Trinajstić information content (AvgIpc) is 2.21. The van der Waals surface area contributed by atoms with Crippen molar-refractivity contribution in [1.82, 2.24) is 0 Å². The van der Waals surface area contributed by atoms with Gasteiger partial charge in [-0.3, -0.25) is 10.1 Å². The minimum atomic E-state index is -0.637. The highest BCUT2D eigenvalue weighted by atomic mass is 16.6. The van der Waals surface area contributed by atoms with Gasteiger partial charge in [0.05, 0.1) is 11.1 Å². The van der Waals surface area contributed by atoms with Crippen molar-refractivity contribution in [3.05, 3.63) is 33.4 Å². The van der Waals surface area contributed by atoms with Crippen LogP contribution < -0.4 is 5.84 Å². The third-order valence-electron chi connectivity index (χ3n) is 2.00. The molecule has 0 saturated heterocycles. The van der Waals surface area contributed by atoms with Gasteiger partial charge in [0.15, 0.2) is 0 Å². The maximum Gasteiger partial charge on any atom is 0.311 e. The molecule has 0 aliphatic heterocycles. The van der Waals surface area contributed by atoms with Crippen molar-refractivity contribution in [2.24, 2.45) is 10.9 Å². The third-order valence-corrected chi connectivity index (χ3v) is 2.00. The van der Waals surface area contributed by atoms with Crippen LogP contribution in [0.15, 0.2) is 17.2 Å². The van der Waals surface area contributed by atoms with Crippen molar-refractivity contribution in [2.75, 3.05) is 0 Å². The number of rotatable bonds is 3. The van der Waals surface area contributed by atoms with Crippen LogP contribution in [0.5, 0.6) is 5.75 Å². The Morgan fingerprint density at radius 1 is 1.67 bits per heavy atom. The summed E-state index contributed by atoms with van der Waals surface area (Å²) in [6.45, 7) is 1.86. The number of hydrogen-bond acceptors (Lipinski definition) is 5. The summed E-state index contributed by atoms with van der Waals surface area (Å²) in [5.41, 5.74) is 0.669. The fraction of sp³-hybridized carbons (Fsp3) is 0.222. The lowest BCUT2D eigenvalue weighted by atomic mass is 10.1. The molecule has 0 amide bonds. The molecule has 0 radical (unpaired) electrons. The quantitative estimate of drug-likeness (QED) is 0.337. The van der Waals surface area contributed by atoms with Gasteiger partial charge in [0.1, 0.15) is 0 Å². The van der Waals surface area contributed by atoms with E-state index >= 15 is 0 Å². The average molecular weight is 209 g/mol. The lowest BCUT2D eigenvalue weighted by Crippen LogP contribution is -1.96. The van der Waals surface area contributed by atoms with Crippen LogP contribution >= 0.6 is 0 Å². The summed E-state index contributed by atoms with van der Waals surface area (Å²) in [5, 5.41) is 23.4. The standard InChI is InChI=1S/C9H11N3O3/c1-2-6-3-7(5-11-10)9(13)8(4-6)12(14)15/h3-5,13H,2,10H2,1H3. The van der Waals surface area contributed by atoms with Crippen LogP contribution in [-0.4, -0.2) is 16.2 Å². The predicted octanol–water partition coefficient (Wildman–Crippen LogP) is 1.16. The molecule has 1 rings (SSSR count). The number of phenols is 1. The van der Waals surface area contributed by atoms with E-state index in [1.165, 1.54) is 12.3 Å². The number of nitro benzene ring substituents is 1. The fourth-order valence-corrected chi connectivity index (χ4v) is 1.22. The Morgan fingerprint density at radius 2 is 2.33 bits per heavy atom. The summed E-state index contributed by atoms with van der Waals surface area (Å²) in [6.07, 6.45) is 1.81. The molecule has 0 aromatic heterocycles. The van der Waals surface area contributed by atoms with E-state index in [2.05, 4.69) is 5.10 Å². The molecule has 0 heterocycles. The van der Waals surface area contributed by atoms with Crippen molar-refractivity contribution in [2.45, 2.75) is 13.3 Å². The van der Waals surface area contributed by atoms with Gasteiger partial charge in [0, 0.05) is 11.6 Å². The highest BCUT2D eigenvalue weighted by Crippen LogP contribution is 2.30. The minimum absolute atomic E-state index is 0.253.